The van der Waals surface area contributed by atoms with Gasteiger partial charge in [0.25, 0.3) is 0 Å². The van der Waals surface area contributed by atoms with Gasteiger partial charge in [0.15, 0.2) is 12.1 Å². The van der Waals surface area contributed by atoms with Crippen LogP contribution >= 0.6 is 22.6 Å². The maximum Gasteiger partial charge on any atom is 0.163 e. The molecular weight excluding hydrogens is 379 g/mol. The topological polar surface area (TPSA) is 35.5 Å². The second-order valence-electron chi connectivity index (χ2n) is 6.36. The lowest BCUT2D eigenvalue weighted by atomic mass is 9.95. The van der Waals surface area contributed by atoms with Crippen molar-refractivity contribution in [2.75, 3.05) is 13.2 Å². The predicted octanol–water partition coefficient (Wildman–Crippen LogP) is 4.43. The molecule has 1 aliphatic heterocycles. The van der Waals surface area contributed by atoms with Gasteiger partial charge in [-0.2, -0.15) is 0 Å². The highest BCUT2D eigenvalue weighted by Crippen LogP contribution is 2.25. The molecule has 116 valence electrons. The summed E-state index contributed by atoms with van der Waals surface area (Å²) in [6, 6.07) is 7.75. The molecule has 4 heteroatoms. The molecule has 0 bridgehead atoms. The Labute approximate surface area is 140 Å². The average molecular weight is 402 g/mol. The van der Waals surface area contributed by atoms with E-state index in [9.17, 15) is 4.79 Å². The molecule has 1 aromatic carbocycles. The SMILES string of the molecule is CC1(C)COC(CCCCC(=O)c2ccccc2I)OC1. The van der Waals surface area contributed by atoms with Gasteiger partial charge >= 0.3 is 0 Å². The van der Waals surface area contributed by atoms with Crippen molar-refractivity contribution in [3.8, 4) is 0 Å². The summed E-state index contributed by atoms with van der Waals surface area (Å²) in [5.74, 6) is 0.228. The van der Waals surface area contributed by atoms with Crippen molar-refractivity contribution in [2.45, 2.75) is 45.8 Å². The van der Waals surface area contributed by atoms with Crippen molar-refractivity contribution in [1.82, 2.24) is 0 Å². The Morgan fingerprint density at radius 1 is 1.24 bits per heavy atom. The van der Waals surface area contributed by atoms with Gasteiger partial charge in [-0.05, 0) is 47.9 Å². The summed E-state index contributed by atoms with van der Waals surface area (Å²) in [6.07, 6.45) is 3.22. The highest BCUT2D eigenvalue weighted by atomic mass is 127. The number of ether oxygens (including phenoxy) is 2. The Morgan fingerprint density at radius 3 is 2.57 bits per heavy atom. The Morgan fingerprint density at radius 2 is 1.90 bits per heavy atom. The first-order valence-corrected chi connectivity index (χ1v) is 8.57. The van der Waals surface area contributed by atoms with Gasteiger partial charge in [-0.25, -0.2) is 0 Å². The fourth-order valence-electron chi connectivity index (χ4n) is 2.31. The zero-order valence-corrected chi connectivity index (χ0v) is 14.9. The number of benzene rings is 1. The molecule has 0 aromatic heterocycles. The van der Waals surface area contributed by atoms with Crippen molar-refractivity contribution < 1.29 is 14.3 Å². The van der Waals surface area contributed by atoms with Crippen LogP contribution in [-0.4, -0.2) is 25.3 Å². The van der Waals surface area contributed by atoms with Crippen LogP contribution in [-0.2, 0) is 9.47 Å². The maximum atomic E-state index is 12.1. The molecular formula is C17H23IO3. The molecule has 0 N–H and O–H groups in total. The Balaban J connectivity index is 1.66. The third-order valence-electron chi connectivity index (χ3n) is 3.59. The number of ketones is 1. The highest BCUT2D eigenvalue weighted by molar-refractivity contribution is 14.1. The molecule has 0 saturated carbocycles. The van der Waals surface area contributed by atoms with Crippen LogP contribution in [0.3, 0.4) is 0 Å². The van der Waals surface area contributed by atoms with Gasteiger partial charge in [-0.3, -0.25) is 4.79 Å². The largest absolute Gasteiger partial charge is 0.352 e. The molecule has 0 atom stereocenters. The Kier molecular flexibility index (Phi) is 6.20. The predicted molar refractivity (Wildman–Crippen MR) is 91.4 cm³/mol. The van der Waals surface area contributed by atoms with E-state index in [2.05, 4.69) is 36.4 Å². The van der Waals surface area contributed by atoms with E-state index in [0.717, 1.165) is 41.6 Å². The third-order valence-corrected chi connectivity index (χ3v) is 4.53. The molecule has 21 heavy (non-hydrogen) atoms. The summed E-state index contributed by atoms with van der Waals surface area (Å²) in [4.78, 5) is 12.1. The molecule has 1 fully saturated rings. The number of halogens is 1. The maximum absolute atomic E-state index is 12.1. The molecule has 1 aliphatic rings. The molecule has 0 amide bonds. The van der Waals surface area contributed by atoms with E-state index in [-0.39, 0.29) is 17.5 Å². The number of carbonyl (C=O) groups is 1. The summed E-state index contributed by atoms with van der Waals surface area (Å²) < 4.78 is 12.4. The quantitative estimate of drug-likeness (QED) is 0.401. The van der Waals surface area contributed by atoms with E-state index in [0.29, 0.717) is 6.42 Å². The fraction of sp³-hybridized carbons (Fsp3) is 0.588. The van der Waals surface area contributed by atoms with Crippen molar-refractivity contribution in [1.29, 1.82) is 0 Å². The number of hydrogen-bond acceptors (Lipinski definition) is 3. The van der Waals surface area contributed by atoms with E-state index in [1.807, 2.05) is 24.3 Å². The van der Waals surface area contributed by atoms with E-state index >= 15 is 0 Å². The summed E-state index contributed by atoms with van der Waals surface area (Å²) >= 11 is 2.21. The third kappa shape index (κ3) is 5.34. The van der Waals surface area contributed by atoms with Crippen molar-refractivity contribution in [3.05, 3.63) is 33.4 Å². The van der Waals surface area contributed by atoms with Crippen LogP contribution in [0, 0.1) is 8.99 Å². The molecule has 0 unspecified atom stereocenters. The average Bonchev–Trinajstić information content (AvgIpc) is 2.45. The second-order valence-corrected chi connectivity index (χ2v) is 7.53. The van der Waals surface area contributed by atoms with Crippen LogP contribution in [0.25, 0.3) is 0 Å². The molecule has 0 spiro atoms. The van der Waals surface area contributed by atoms with Gasteiger partial charge in [0.1, 0.15) is 0 Å². The van der Waals surface area contributed by atoms with Gasteiger partial charge in [0.2, 0.25) is 0 Å². The smallest absolute Gasteiger partial charge is 0.163 e. The molecule has 2 rings (SSSR count). The first-order chi connectivity index (χ1) is 9.98. The Hall–Kier alpha value is -0.460. The Bertz CT molecular complexity index is 475. The first-order valence-electron chi connectivity index (χ1n) is 7.49. The molecule has 0 aliphatic carbocycles. The van der Waals surface area contributed by atoms with E-state index < -0.39 is 0 Å². The number of carbonyl (C=O) groups excluding carboxylic acids is 1. The molecule has 0 radical (unpaired) electrons. The van der Waals surface area contributed by atoms with Gasteiger partial charge < -0.3 is 9.47 Å². The molecule has 1 heterocycles. The minimum Gasteiger partial charge on any atom is -0.352 e. The minimum atomic E-state index is -0.0926. The standard InChI is InChI=1S/C17H23IO3/c1-17(2)11-20-16(21-12-17)10-6-5-9-15(19)13-7-3-4-8-14(13)18/h3-4,7-8,16H,5-6,9-12H2,1-2H3. The second kappa shape index (κ2) is 7.70. The summed E-state index contributed by atoms with van der Waals surface area (Å²) in [7, 11) is 0. The van der Waals surface area contributed by atoms with Crippen LogP contribution in [0.15, 0.2) is 24.3 Å². The summed E-state index contributed by atoms with van der Waals surface area (Å²) in [6.45, 7) is 5.78. The summed E-state index contributed by atoms with van der Waals surface area (Å²) in [5, 5.41) is 0. The number of Topliss-reactive ketones (excluding diaryl/α,β-unsaturated/α-hetero) is 1. The zero-order valence-electron chi connectivity index (χ0n) is 12.7. The van der Waals surface area contributed by atoms with Crippen LogP contribution in [0.5, 0.6) is 0 Å². The summed E-state index contributed by atoms with van der Waals surface area (Å²) in [5.41, 5.74) is 0.959. The number of hydrogen-bond donors (Lipinski definition) is 0. The van der Waals surface area contributed by atoms with Crippen LogP contribution in [0.2, 0.25) is 0 Å². The fourth-order valence-corrected chi connectivity index (χ4v) is 3.00. The van der Waals surface area contributed by atoms with Crippen molar-refractivity contribution >= 4 is 28.4 Å². The number of rotatable bonds is 6. The van der Waals surface area contributed by atoms with Gasteiger partial charge in [-0.15, -0.1) is 0 Å². The van der Waals surface area contributed by atoms with Gasteiger partial charge in [0, 0.05) is 21.0 Å². The zero-order chi connectivity index (χ0) is 15.3. The lowest BCUT2D eigenvalue weighted by Gasteiger charge is -2.34. The van der Waals surface area contributed by atoms with Crippen LogP contribution in [0.4, 0.5) is 0 Å². The molecule has 1 aromatic rings. The van der Waals surface area contributed by atoms with Crippen molar-refractivity contribution in [2.24, 2.45) is 5.41 Å². The molecule has 3 nitrogen and oxygen atoms in total. The number of unbranched alkanes of at least 4 members (excludes halogenated alkanes) is 1. The first kappa shape index (κ1) is 16.9. The van der Waals surface area contributed by atoms with E-state index in [1.54, 1.807) is 0 Å². The van der Waals surface area contributed by atoms with Crippen molar-refractivity contribution in [3.63, 3.8) is 0 Å². The van der Waals surface area contributed by atoms with Crippen LogP contribution < -0.4 is 0 Å². The minimum absolute atomic E-state index is 0.0926. The highest BCUT2D eigenvalue weighted by Gasteiger charge is 2.27. The van der Waals surface area contributed by atoms with Gasteiger partial charge in [0.05, 0.1) is 13.2 Å². The van der Waals surface area contributed by atoms with Crippen LogP contribution in [0.1, 0.15) is 49.9 Å². The lowest BCUT2D eigenvalue weighted by Crippen LogP contribution is -2.37. The monoisotopic (exact) mass is 402 g/mol. The van der Waals surface area contributed by atoms with E-state index in [1.165, 1.54) is 0 Å². The van der Waals surface area contributed by atoms with E-state index in [4.69, 9.17) is 9.47 Å². The normalized spacial score (nSPS) is 18.6. The van der Waals surface area contributed by atoms with Gasteiger partial charge in [-0.1, -0.05) is 32.0 Å². The lowest BCUT2D eigenvalue weighted by molar-refractivity contribution is -0.224. The molecule has 1 saturated heterocycles.